The Kier molecular flexibility index (Phi) is 3.02. The van der Waals surface area contributed by atoms with Crippen LogP contribution in [0.25, 0.3) is 0 Å². The Morgan fingerprint density at radius 1 is 1.38 bits per heavy atom. The van der Waals surface area contributed by atoms with Gasteiger partial charge >= 0.3 is 11.8 Å². The average Bonchev–Trinajstić information content (AvgIpc) is 2.04. The topological polar surface area (TPSA) is 72.2 Å². The van der Waals surface area contributed by atoms with Crippen LogP contribution in [0.5, 0.6) is 0 Å². The zero-order chi connectivity index (χ0) is 9.84. The number of carbonyl (C=O) groups excluding carboxylic acids is 2. The minimum Gasteiger partial charge on any atom is -0.361 e. The lowest BCUT2D eigenvalue weighted by molar-refractivity contribution is -0.134. The molecule has 0 aliphatic rings. The van der Waals surface area contributed by atoms with E-state index in [-0.39, 0.29) is 0 Å². The van der Waals surface area contributed by atoms with Crippen LogP contribution in [0.4, 0.5) is 5.69 Å². The van der Waals surface area contributed by atoms with Gasteiger partial charge in [0.15, 0.2) is 0 Å². The van der Waals surface area contributed by atoms with E-state index in [1.807, 2.05) is 0 Å². The lowest BCUT2D eigenvalue weighted by atomic mass is 10.3. The second-order valence-corrected chi connectivity index (χ2v) is 3.24. The highest BCUT2D eigenvalue weighted by molar-refractivity contribution is 9.10. The molecule has 68 valence electrons. The second-order valence-electron chi connectivity index (χ2n) is 2.33. The molecule has 0 radical (unpaired) electrons. The summed E-state index contributed by atoms with van der Waals surface area (Å²) >= 11 is 3.22. The van der Waals surface area contributed by atoms with Crippen molar-refractivity contribution in [3.05, 3.63) is 28.7 Å². The van der Waals surface area contributed by atoms with Crippen LogP contribution in [0.15, 0.2) is 28.7 Å². The monoisotopic (exact) mass is 242 g/mol. The predicted molar refractivity (Wildman–Crippen MR) is 52.0 cm³/mol. The molecule has 2 amide bonds. The van der Waals surface area contributed by atoms with Gasteiger partial charge in [0.1, 0.15) is 0 Å². The standard InChI is InChI=1S/C8H7BrN2O2/c9-5-2-1-3-6(4-5)11-8(13)7(10)12/h1-4H,(H2,10,12)(H,11,13). The molecule has 0 unspecified atom stereocenters. The van der Waals surface area contributed by atoms with E-state index < -0.39 is 11.8 Å². The first kappa shape index (κ1) is 9.73. The molecule has 13 heavy (non-hydrogen) atoms. The van der Waals surface area contributed by atoms with Gasteiger partial charge in [0.25, 0.3) is 0 Å². The summed E-state index contributed by atoms with van der Waals surface area (Å²) in [5.41, 5.74) is 5.29. The Bertz CT molecular complexity index is 352. The first-order valence-corrected chi connectivity index (χ1v) is 4.25. The molecule has 1 rings (SSSR count). The molecular weight excluding hydrogens is 236 g/mol. The Balaban J connectivity index is 2.75. The van der Waals surface area contributed by atoms with Crippen molar-refractivity contribution in [3.8, 4) is 0 Å². The summed E-state index contributed by atoms with van der Waals surface area (Å²) < 4.78 is 0.815. The van der Waals surface area contributed by atoms with Gasteiger partial charge in [-0.2, -0.15) is 0 Å². The Labute approximate surface area is 83.2 Å². The van der Waals surface area contributed by atoms with Crippen molar-refractivity contribution >= 4 is 33.4 Å². The third-order valence-electron chi connectivity index (χ3n) is 1.31. The maximum atomic E-state index is 10.8. The van der Waals surface area contributed by atoms with E-state index in [2.05, 4.69) is 21.2 Å². The van der Waals surface area contributed by atoms with Gasteiger partial charge in [-0.25, -0.2) is 0 Å². The molecule has 0 saturated carbocycles. The molecule has 1 aromatic carbocycles. The van der Waals surface area contributed by atoms with Gasteiger partial charge < -0.3 is 11.1 Å². The lowest BCUT2D eigenvalue weighted by Crippen LogP contribution is -2.29. The van der Waals surface area contributed by atoms with E-state index >= 15 is 0 Å². The van der Waals surface area contributed by atoms with Crippen LogP contribution in [-0.4, -0.2) is 11.8 Å². The molecule has 0 bridgehead atoms. The van der Waals surface area contributed by atoms with Crippen LogP contribution in [0.3, 0.4) is 0 Å². The number of hydrogen-bond acceptors (Lipinski definition) is 2. The molecule has 0 saturated heterocycles. The highest BCUT2D eigenvalue weighted by Crippen LogP contribution is 2.15. The van der Waals surface area contributed by atoms with E-state index in [9.17, 15) is 9.59 Å². The van der Waals surface area contributed by atoms with Gasteiger partial charge in [0, 0.05) is 10.2 Å². The summed E-state index contributed by atoms with van der Waals surface area (Å²) in [5.74, 6) is -1.82. The predicted octanol–water partition coefficient (Wildman–Crippen LogP) is 0.873. The molecule has 0 atom stereocenters. The van der Waals surface area contributed by atoms with Crippen molar-refractivity contribution in [2.75, 3.05) is 5.32 Å². The highest BCUT2D eigenvalue weighted by atomic mass is 79.9. The maximum Gasteiger partial charge on any atom is 0.313 e. The van der Waals surface area contributed by atoms with Crippen molar-refractivity contribution in [2.45, 2.75) is 0 Å². The van der Waals surface area contributed by atoms with Gasteiger partial charge in [0.2, 0.25) is 0 Å². The number of benzene rings is 1. The molecule has 0 heterocycles. The molecule has 5 heteroatoms. The molecule has 3 N–H and O–H groups in total. The van der Waals surface area contributed by atoms with Crippen LogP contribution in [0, 0.1) is 0 Å². The van der Waals surface area contributed by atoms with Crippen LogP contribution in [0.1, 0.15) is 0 Å². The number of rotatable bonds is 1. The van der Waals surface area contributed by atoms with E-state index in [1.165, 1.54) is 0 Å². The van der Waals surface area contributed by atoms with Gasteiger partial charge in [-0.3, -0.25) is 9.59 Å². The van der Waals surface area contributed by atoms with Crippen LogP contribution < -0.4 is 11.1 Å². The number of anilines is 1. The number of halogens is 1. The van der Waals surface area contributed by atoms with Crippen molar-refractivity contribution in [1.82, 2.24) is 0 Å². The number of carbonyl (C=O) groups is 2. The zero-order valence-corrected chi connectivity index (χ0v) is 8.17. The first-order chi connectivity index (χ1) is 6.09. The van der Waals surface area contributed by atoms with Gasteiger partial charge in [-0.1, -0.05) is 22.0 Å². The van der Waals surface area contributed by atoms with Crippen molar-refractivity contribution < 1.29 is 9.59 Å². The Morgan fingerprint density at radius 2 is 2.08 bits per heavy atom. The smallest absolute Gasteiger partial charge is 0.313 e. The van der Waals surface area contributed by atoms with Crippen LogP contribution >= 0.6 is 15.9 Å². The number of hydrogen-bond donors (Lipinski definition) is 2. The van der Waals surface area contributed by atoms with Crippen LogP contribution in [0.2, 0.25) is 0 Å². The molecule has 0 fully saturated rings. The lowest BCUT2D eigenvalue weighted by Gasteiger charge is -2.01. The Hall–Kier alpha value is -1.36. The fraction of sp³-hybridized carbons (Fsp3) is 0. The summed E-state index contributed by atoms with van der Waals surface area (Å²) in [5, 5.41) is 2.34. The highest BCUT2D eigenvalue weighted by Gasteiger charge is 2.07. The summed E-state index contributed by atoms with van der Waals surface area (Å²) in [7, 11) is 0. The van der Waals surface area contributed by atoms with Crippen LogP contribution in [-0.2, 0) is 9.59 Å². The molecule has 0 aromatic heterocycles. The second kappa shape index (κ2) is 4.04. The molecular formula is C8H7BrN2O2. The van der Waals surface area contributed by atoms with Crippen molar-refractivity contribution in [3.63, 3.8) is 0 Å². The van der Waals surface area contributed by atoms with E-state index in [4.69, 9.17) is 5.73 Å². The Morgan fingerprint density at radius 3 is 2.62 bits per heavy atom. The molecule has 1 aromatic rings. The fourth-order valence-corrected chi connectivity index (χ4v) is 1.16. The molecule has 4 nitrogen and oxygen atoms in total. The summed E-state index contributed by atoms with van der Waals surface area (Å²) in [6.07, 6.45) is 0. The van der Waals surface area contributed by atoms with E-state index in [1.54, 1.807) is 24.3 Å². The number of amides is 2. The number of nitrogens with one attached hydrogen (secondary N) is 1. The fourth-order valence-electron chi connectivity index (χ4n) is 0.759. The number of primary amides is 1. The van der Waals surface area contributed by atoms with Gasteiger partial charge in [-0.05, 0) is 18.2 Å². The minimum atomic E-state index is -1.00. The SMILES string of the molecule is NC(=O)C(=O)Nc1cccc(Br)c1. The third kappa shape index (κ3) is 2.87. The largest absolute Gasteiger partial charge is 0.361 e. The van der Waals surface area contributed by atoms with Gasteiger partial charge in [0.05, 0.1) is 0 Å². The maximum absolute atomic E-state index is 10.8. The summed E-state index contributed by atoms with van der Waals surface area (Å²) in [4.78, 5) is 21.2. The quantitative estimate of drug-likeness (QED) is 0.718. The van der Waals surface area contributed by atoms with Gasteiger partial charge in [-0.15, -0.1) is 0 Å². The van der Waals surface area contributed by atoms with Crippen molar-refractivity contribution in [2.24, 2.45) is 5.73 Å². The first-order valence-electron chi connectivity index (χ1n) is 3.46. The minimum absolute atomic E-state index is 0.526. The zero-order valence-electron chi connectivity index (χ0n) is 6.58. The third-order valence-corrected chi connectivity index (χ3v) is 1.80. The molecule has 0 aliphatic carbocycles. The number of nitrogens with two attached hydrogens (primary N) is 1. The van der Waals surface area contributed by atoms with E-state index in [0.717, 1.165) is 4.47 Å². The summed E-state index contributed by atoms with van der Waals surface area (Å²) in [6.45, 7) is 0. The van der Waals surface area contributed by atoms with E-state index in [0.29, 0.717) is 5.69 Å². The average molecular weight is 243 g/mol. The normalized spacial score (nSPS) is 9.31. The van der Waals surface area contributed by atoms with Crippen molar-refractivity contribution in [1.29, 1.82) is 0 Å². The summed E-state index contributed by atoms with van der Waals surface area (Å²) in [6, 6.07) is 6.87. The molecule has 0 spiro atoms. The molecule has 0 aliphatic heterocycles.